The van der Waals surface area contributed by atoms with Crippen LogP contribution in [0.15, 0.2) is 60.8 Å². The molecule has 1 saturated carbocycles. The van der Waals surface area contributed by atoms with E-state index < -0.39 is 0 Å². The topological polar surface area (TPSA) is 95.4 Å². The summed E-state index contributed by atoms with van der Waals surface area (Å²) >= 11 is 7.01. The summed E-state index contributed by atoms with van der Waals surface area (Å²) in [5, 5.41) is 12.5. The van der Waals surface area contributed by atoms with Crippen molar-refractivity contribution >= 4 is 29.0 Å². The van der Waals surface area contributed by atoms with Crippen LogP contribution in [0.4, 0.5) is 5.69 Å². The van der Waals surface area contributed by atoms with Gasteiger partial charge in [-0.05, 0) is 104 Å². The first-order valence-electron chi connectivity index (χ1n) is 16.8. The largest absolute Gasteiger partial charge is 0.396 e. The molecule has 1 aliphatic carbocycles. The first kappa shape index (κ1) is 33.0. The van der Waals surface area contributed by atoms with Gasteiger partial charge in [-0.1, -0.05) is 60.8 Å². The Morgan fingerprint density at radius 1 is 1.00 bits per heavy atom. The minimum absolute atomic E-state index is 0.0439. The molecule has 2 N–H and O–H groups in total. The number of nitrogens with zero attached hydrogens (tertiary/aromatic N) is 3. The summed E-state index contributed by atoms with van der Waals surface area (Å²) in [6, 6.07) is 17.7. The number of carbonyl (C=O) groups excluding carboxylic acids is 2. The maximum Gasteiger partial charge on any atom is 0.274 e. The molecule has 0 saturated heterocycles. The molecular formula is C39H43ClN4O3. The van der Waals surface area contributed by atoms with Crippen LogP contribution < -0.4 is 5.32 Å². The number of aliphatic hydroxyl groups excluding tert-OH is 1. The van der Waals surface area contributed by atoms with Crippen LogP contribution in [0.1, 0.15) is 93.0 Å². The van der Waals surface area contributed by atoms with Gasteiger partial charge in [0.15, 0.2) is 5.78 Å². The molecule has 0 unspecified atom stereocenters. The van der Waals surface area contributed by atoms with Crippen LogP contribution in [0.25, 0.3) is 11.1 Å². The Labute approximate surface area is 282 Å². The van der Waals surface area contributed by atoms with Gasteiger partial charge in [0.1, 0.15) is 11.4 Å². The van der Waals surface area contributed by atoms with Crippen LogP contribution in [-0.2, 0) is 25.8 Å². The van der Waals surface area contributed by atoms with Crippen molar-refractivity contribution in [3.8, 4) is 11.1 Å². The Balaban J connectivity index is 1.17. The number of halogens is 1. The molecule has 0 bridgehead atoms. The van der Waals surface area contributed by atoms with Crippen LogP contribution in [0.5, 0.6) is 0 Å². The number of unbranched alkanes of at least 4 members (excludes halogenated alkanes) is 1. The van der Waals surface area contributed by atoms with Crippen molar-refractivity contribution in [2.24, 2.45) is 0 Å². The molecule has 8 heteroatoms. The summed E-state index contributed by atoms with van der Waals surface area (Å²) in [5.41, 5.74) is 9.31. The monoisotopic (exact) mass is 650 g/mol. The van der Waals surface area contributed by atoms with Gasteiger partial charge in [-0.15, -0.1) is 0 Å². The molecule has 2 aromatic heterocycles. The third-order valence-corrected chi connectivity index (χ3v) is 10.2. The highest BCUT2D eigenvalue weighted by molar-refractivity contribution is 6.34. The van der Waals surface area contributed by atoms with Crippen LogP contribution in [0.2, 0.25) is 5.02 Å². The van der Waals surface area contributed by atoms with Gasteiger partial charge in [0, 0.05) is 49.6 Å². The second-order valence-electron chi connectivity index (χ2n) is 13.0. The second-order valence-corrected chi connectivity index (χ2v) is 13.3. The zero-order valence-electron chi connectivity index (χ0n) is 27.3. The Morgan fingerprint density at radius 2 is 1.79 bits per heavy atom. The molecule has 1 fully saturated rings. The van der Waals surface area contributed by atoms with E-state index in [1.807, 2.05) is 55.5 Å². The molecule has 3 heterocycles. The fourth-order valence-corrected chi connectivity index (χ4v) is 7.37. The number of nitrogens with one attached hydrogen (secondary N) is 1. The van der Waals surface area contributed by atoms with Gasteiger partial charge in [-0.3, -0.25) is 19.5 Å². The molecule has 0 atom stereocenters. The molecule has 0 spiro atoms. The predicted molar refractivity (Wildman–Crippen MR) is 187 cm³/mol. The second kappa shape index (κ2) is 14.9. The van der Waals surface area contributed by atoms with E-state index in [1.54, 1.807) is 12.3 Å². The molecule has 47 heavy (non-hydrogen) atoms. The highest BCUT2D eigenvalue weighted by Gasteiger charge is 2.28. The number of hydrogen-bond acceptors (Lipinski definition) is 6. The number of Topliss-reactive ketones (excluding diaryl/α,β-unsaturated/α-hetero) is 1. The van der Waals surface area contributed by atoms with Gasteiger partial charge in [-0.25, -0.2) is 4.98 Å². The molecule has 1 amide bonds. The van der Waals surface area contributed by atoms with Crippen molar-refractivity contribution in [2.45, 2.75) is 84.2 Å². The van der Waals surface area contributed by atoms with Crippen molar-refractivity contribution in [2.75, 3.05) is 18.5 Å². The number of amides is 1. The third kappa shape index (κ3) is 7.48. The lowest BCUT2D eigenvalue weighted by atomic mass is 9.94. The van der Waals surface area contributed by atoms with Crippen molar-refractivity contribution in [3.63, 3.8) is 0 Å². The van der Waals surface area contributed by atoms with Gasteiger partial charge in [0.2, 0.25) is 0 Å². The SMILES string of the molecule is Cc1cc(C(=O)Cc2cccc(-c3cccc(NC(=O)c4ccc(CCCCO)cn4)c3C)c2Cl)nc2c1CCN(C1CCCC1)C2. The Morgan fingerprint density at radius 3 is 2.55 bits per heavy atom. The number of aryl methyl sites for hydroxylation is 2. The highest BCUT2D eigenvalue weighted by atomic mass is 35.5. The van der Waals surface area contributed by atoms with Gasteiger partial charge < -0.3 is 10.4 Å². The molecule has 6 rings (SSSR count). The molecule has 244 valence electrons. The van der Waals surface area contributed by atoms with E-state index >= 15 is 0 Å². The van der Waals surface area contributed by atoms with E-state index in [0.717, 1.165) is 77.8 Å². The van der Waals surface area contributed by atoms with E-state index in [4.69, 9.17) is 21.7 Å². The summed E-state index contributed by atoms with van der Waals surface area (Å²) in [6.07, 6.45) is 10.4. The van der Waals surface area contributed by atoms with Crippen LogP contribution in [0, 0.1) is 13.8 Å². The summed E-state index contributed by atoms with van der Waals surface area (Å²) in [7, 11) is 0. The van der Waals surface area contributed by atoms with Crippen molar-refractivity contribution in [1.29, 1.82) is 0 Å². The zero-order chi connectivity index (χ0) is 32.9. The quantitative estimate of drug-likeness (QED) is 0.128. The predicted octanol–water partition coefficient (Wildman–Crippen LogP) is 7.71. The number of carbonyl (C=O) groups is 2. The summed E-state index contributed by atoms with van der Waals surface area (Å²) < 4.78 is 0. The molecule has 0 radical (unpaired) electrons. The maximum atomic E-state index is 13.7. The molecule has 4 aromatic rings. The molecular weight excluding hydrogens is 608 g/mol. The third-order valence-electron chi connectivity index (χ3n) is 9.79. The molecule has 2 aromatic carbocycles. The lowest BCUT2D eigenvalue weighted by Crippen LogP contribution is -2.38. The molecule has 2 aliphatic rings. The Bertz CT molecular complexity index is 1770. The minimum atomic E-state index is -0.295. The maximum absolute atomic E-state index is 13.7. The van der Waals surface area contributed by atoms with Crippen LogP contribution in [0.3, 0.4) is 0 Å². The Hall–Kier alpha value is -3.91. The smallest absolute Gasteiger partial charge is 0.274 e. The average Bonchev–Trinajstić information content (AvgIpc) is 3.62. The minimum Gasteiger partial charge on any atom is -0.396 e. The normalized spacial score (nSPS) is 15.1. The number of aliphatic hydroxyl groups is 1. The standard InChI is InChI=1S/C39H43ClN4O3/c1-25-21-35(42-36-24-44(19-18-30(25)36)29-11-3-4-12-29)37(46)22-28-10-7-14-32(38(28)40)31-13-8-15-33(26(31)2)43-39(47)34-17-16-27(23-41-34)9-5-6-20-45/h7-8,10,13-17,21,23,29,45H,3-6,9,11-12,18-20,22,24H2,1-2H3,(H,43,47). The molecule has 1 aliphatic heterocycles. The fourth-order valence-electron chi connectivity index (χ4n) is 7.07. The average molecular weight is 651 g/mol. The number of pyridine rings is 2. The number of ketones is 1. The van der Waals surface area contributed by atoms with Crippen molar-refractivity contribution in [3.05, 3.63) is 111 Å². The van der Waals surface area contributed by atoms with Crippen LogP contribution >= 0.6 is 11.6 Å². The van der Waals surface area contributed by atoms with Gasteiger partial charge in [0.05, 0.1) is 10.7 Å². The lowest BCUT2D eigenvalue weighted by molar-refractivity contribution is 0.0985. The first-order valence-corrected chi connectivity index (χ1v) is 17.2. The van der Waals surface area contributed by atoms with Gasteiger partial charge in [-0.2, -0.15) is 0 Å². The number of fused-ring (bicyclic) bond motifs is 1. The van der Waals surface area contributed by atoms with E-state index in [0.29, 0.717) is 28.1 Å². The van der Waals surface area contributed by atoms with E-state index in [1.165, 1.54) is 31.2 Å². The number of hydrogen-bond donors (Lipinski definition) is 2. The van der Waals surface area contributed by atoms with Crippen molar-refractivity contribution < 1.29 is 14.7 Å². The first-order chi connectivity index (χ1) is 22.8. The van der Waals surface area contributed by atoms with E-state index in [-0.39, 0.29) is 24.7 Å². The van der Waals surface area contributed by atoms with E-state index in [2.05, 4.69) is 22.1 Å². The number of aromatic nitrogens is 2. The van der Waals surface area contributed by atoms with Gasteiger partial charge >= 0.3 is 0 Å². The van der Waals surface area contributed by atoms with Gasteiger partial charge in [0.25, 0.3) is 5.91 Å². The van der Waals surface area contributed by atoms with E-state index in [9.17, 15) is 9.59 Å². The van der Waals surface area contributed by atoms with Crippen LogP contribution in [-0.4, -0.2) is 50.9 Å². The Kier molecular flexibility index (Phi) is 10.5. The summed E-state index contributed by atoms with van der Waals surface area (Å²) in [5.74, 6) is -0.339. The summed E-state index contributed by atoms with van der Waals surface area (Å²) in [4.78, 5) is 38.6. The molecule has 7 nitrogen and oxygen atoms in total. The summed E-state index contributed by atoms with van der Waals surface area (Å²) in [6.45, 7) is 6.10. The zero-order valence-corrected chi connectivity index (χ0v) is 28.1. The highest BCUT2D eigenvalue weighted by Crippen LogP contribution is 2.36. The number of anilines is 1. The number of rotatable bonds is 11. The number of benzene rings is 2. The fraction of sp³-hybridized carbons (Fsp3) is 0.385. The van der Waals surface area contributed by atoms with Crippen molar-refractivity contribution in [1.82, 2.24) is 14.9 Å². The lowest BCUT2D eigenvalue weighted by Gasteiger charge is -2.33.